The predicted molar refractivity (Wildman–Crippen MR) is 110 cm³/mol. The monoisotopic (exact) mass is 356 g/mol. The second-order valence-electron chi connectivity index (χ2n) is 8.54. The molecule has 0 spiro atoms. The van der Waals surface area contributed by atoms with Gasteiger partial charge in [0.25, 0.3) is 0 Å². The molecule has 0 saturated heterocycles. The first-order valence-electron chi connectivity index (χ1n) is 10.1. The Morgan fingerprint density at radius 1 is 1.23 bits per heavy atom. The smallest absolute Gasteiger partial charge is 0.119 e. The summed E-state index contributed by atoms with van der Waals surface area (Å²) in [5.41, 5.74) is 1.56. The Kier molecular flexibility index (Phi) is 7.11. The third-order valence-electron chi connectivity index (χ3n) is 5.66. The van der Waals surface area contributed by atoms with Crippen molar-refractivity contribution < 1.29 is 9.84 Å². The van der Waals surface area contributed by atoms with Gasteiger partial charge in [0.2, 0.25) is 0 Å². The summed E-state index contributed by atoms with van der Waals surface area (Å²) < 4.78 is 5.77. The van der Waals surface area contributed by atoms with Crippen molar-refractivity contribution in [3.8, 4) is 5.75 Å². The Balaban J connectivity index is 2.04. The number of unbranched alkanes of at least 4 members (excludes halogenated alkanes) is 2. The molecule has 26 heavy (non-hydrogen) atoms. The van der Waals surface area contributed by atoms with E-state index in [1.807, 2.05) is 37.3 Å². The fourth-order valence-corrected chi connectivity index (χ4v) is 3.79. The summed E-state index contributed by atoms with van der Waals surface area (Å²) in [6.07, 6.45) is 12.3. The maximum atomic E-state index is 11.0. The molecule has 2 rings (SSSR count). The molecule has 0 bridgehead atoms. The molecule has 1 aliphatic carbocycles. The van der Waals surface area contributed by atoms with E-state index in [1.165, 1.54) is 24.8 Å². The van der Waals surface area contributed by atoms with E-state index in [1.54, 1.807) is 0 Å². The second kappa shape index (κ2) is 8.90. The van der Waals surface area contributed by atoms with Crippen molar-refractivity contribution in [2.24, 2.45) is 11.3 Å². The van der Waals surface area contributed by atoms with Crippen LogP contribution in [0.15, 0.2) is 48.1 Å². The Morgan fingerprint density at radius 2 is 1.92 bits per heavy atom. The van der Waals surface area contributed by atoms with Gasteiger partial charge in [-0.3, -0.25) is 0 Å². The van der Waals surface area contributed by atoms with Crippen LogP contribution in [0, 0.1) is 11.3 Å². The Morgan fingerprint density at radius 3 is 2.54 bits per heavy atom. The zero-order valence-electron chi connectivity index (χ0n) is 17.2. The molecular formula is C24H36O2. The molecular weight excluding hydrogens is 320 g/mol. The summed E-state index contributed by atoms with van der Waals surface area (Å²) in [7, 11) is 0. The van der Waals surface area contributed by atoms with Gasteiger partial charge in [0.1, 0.15) is 11.4 Å². The summed E-state index contributed by atoms with van der Waals surface area (Å²) >= 11 is 0. The molecule has 0 aliphatic heterocycles. The van der Waals surface area contributed by atoms with Gasteiger partial charge in [-0.2, -0.15) is 0 Å². The van der Waals surface area contributed by atoms with Gasteiger partial charge in [-0.1, -0.05) is 69.5 Å². The number of hydrogen-bond acceptors (Lipinski definition) is 2. The minimum Gasteiger partial charge on any atom is -0.494 e. The summed E-state index contributed by atoms with van der Waals surface area (Å²) in [5, 5.41) is 11.0. The second-order valence-corrected chi connectivity index (χ2v) is 8.54. The van der Waals surface area contributed by atoms with Gasteiger partial charge in [0, 0.05) is 5.92 Å². The Hall–Kier alpha value is -1.54. The van der Waals surface area contributed by atoms with E-state index in [2.05, 4.69) is 39.8 Å². The average molecular weight is 357 g/mol. The van der Waals surface area contributed by atoms with Crippen molar-refractivity contribution in [3.05, 3.63) is 53.6 Å². The van der Waals surface area contributed by atoms with E-state index in [9.17, 15) is 5.11 Å². The van der Waals surface area contributed by atoms with Gasteiger partial charge < -0.3 is 9.84 Å². The molecule has 0 radical (unpaired) electrons. The maximum Gasteiger partial charge on any atom is 0.119 e. The van der Waals surface area contributed by atoms with Crippen LogP contribution in [0.2, 0.25) is 0 Å². The minimum absolute atomic E-state index is 0.238. The zero-order chi connectivity index (χ0) is 19.2. The molecule has 0 heterocycles. The van der Waals surface area contributed by atoms with Crippen molar-refractivity contribution in [2.45, 2.75) is 72.3 Å². The summed E-state index contributed by atoms with van der Waals surface area (Å²) in [5.74, 6) is 1.25. The van der Waals surface area contributed by atoms with Crippen LogP contribution in [-0.4, -0.2) is 11.7 Å². The zero-order valence-corrected chi connectivity index (χ0v) is 17.2. The van der Waals surface area contributed by atoms with Gasteiger partial charge in [-0.05, 0) is 56.2 Å². The maximum absolute atomic E-state index is 11.0. The molecule has 2 atom stereocenters. The molecule has 0 saturated carbocycles. The van der Waals surface area contributed by atoms with E-state index in [0.29, 0.717) is 5.92 Å². The van der Waals surface area contributed by atoms with E-state index >= 15 is 0 Å². The molecule has 1 aromatic rings. The van der Waals surface area contributed by atoms with Crippen LogP contribution < -0.4 is 4.74 Å². The molecule has 1 aromatic carbocycles. The SMILES string of the molecule is CCCCCOc1ccc(C(C)(O)/C=C/C2C(C)=CCCC2(C)C)cc1. The molecule has 1 aliphatic rings. The topological polar surface area (TPSA) is 29.5 Å². The highest BCUT2D eigenvalue weighted by atomic mass is 16.5. The van der Waals surface area contributed by atoms with Crippen LogP contribution in [0.5, 0.6) is 5.75 Å². The van der Waals surface area contributed by atoms with Crippen molar-refractivity contribution >= 4 is 0 Å². The molecule has 0 amide bonds. The number of rotatable bonds is 8. The number of allylic oxidation sites excluding steroid dienone is 3. The van der Waals surface area contributed by atoms with Crippen LogP contribution >= 0.6 is 0 Å². The van der Waals surface area contributed by atoms with Crippen LogP contribution in [0.3, 0.4) is 0 Å². The van der Waals surface area contributed by atoms with Crippen LogP contribution in [0.1, 0.15) is 72.3 Å². The third kappa shape index (κ3) is 5.48. The van der Waals surface area contributed by atoms with Crippen molar-refractivity contribution in [1.29, 1.82) is 0 Å². The molecule has 2 heteroatoms. The average Bonchev–Trinajstić information content (AvgIpc) is 2.58. The van der Waals surface area contributed by atoms with Gasteiger partial charge in [-0.15, -0.1) is 0 Å². The molecule has 0 aromatic heterocycles. The van der Waals surface area contributed by atoms with Gasteiger partial charge in [0.05, 0.1) is 6.61 Å². The number of ether oxygens (including phenoxy) is 1. The summed E-state index contributed by atoms with van der Waals surface area (Å²) in [6.45, 7) is 11.6. The Labute approximate surface area is 160 Å². The normalized spacial score (nSPS) is 22.1. The van der Waals surface area contributed by atoms with Crippen LogP contribution in [-0.2, 0) is 5.60 Å². The van der Waals surface area contributed by atoms with Crippen LogP contribution in [0.4, 0.5) is 0 Å². The summed E-state index contributed by atoms with van der Waals surface area (Å²) in [6, 6.07) is 7.85. The molecule has 0 fully saturated rings. The highest BCUT2D eigenvalue weighted by Gasteiger charge is 2.31. The lowest BCUT2D eigenvalue weighted by atomic mass is 9.68. The fourth-order valence-electron chi connectivity index (χ4n) is 3.79. The molecule has 144 valence electrons. The highest BCUT2D eigenvalue weighted by Crippen LogP contribution is 2.42. The van der Waals surface area contributed by atoms with E-state index in [0.717, 1.165) is 30.8 Å². The minimum atomic E-state index is -0.978. The first-order valence-corrected chi connectivity index (χ1v) is 10.1. The quantitative estimate of drug-likeness (QED) is 0.431. The van der Waals surface area contributed by atoms with Gasteiger partial charge in [0.15, 0.2) is 0 Å². The first kappa shape index (κ1) is 20.8. The third-order valence-corrected chi connectivity index (χ3v) is 5.66. The van der Waals surface area contributed by atoms with Crippen molar-refractivity contribution in [3.63, 3.8) is 0 Å². The Bertz CT molecular complexity index is 620. The molecule has 2 unspecified atom stereocenters. The lowest BCUT2D eigenvalue weighted by molar-refractivity contribution is 0.109. The van der Waals surface area contributed by atoms with E-state index in [4.69, 9.17) is 4.74 Å². The fraction of sp³-hybridized carbons (Fsp3) is 0.583. The summed E-state index contributed by atoms with van der Waals surface area (Å²) in [4.78, 5) is 0. The van der Waals surface area contributed by atoms with Crippen molar-refractivity contribution in [2.75, 3.05) is 6.61 Å². The first-order chi connectivity index (χ1) is 12.3. The predicted octanol–water partition coefficient (Wildman–Crippen LogP) is 6.40. The number of hydrogen-bond donors (Lipinski definition) is 1. The van der Waals surface area contributed by atoms with E-state index in [-0.39, 0.29) is 5.41 Å². The number of benzene rings is 1. The number of aliphatic hydroxyl groups is 1. The van der Waals surface area contributed by atoms with Crippen LogP contribution in [0.25, 0.3) is 0 Å². The van der Waals surface area contributed by atoms with Gasteiger partial charge >= 0.3 is 0 Å². The molecule has 1 N–H and O–H groups in total. The lowest BCUT2D eigenvalue weighted by Gasteiger charge is -2.37. The van der Waals surface area contributed by atoms with Gasteiger partial charge in [-0.25, -0.2) is 0 Å². The highest BCUT2D eigenvalue weighted by molar-refractivity contribution is 5.33. The largest absolute Gasteiger partial charge is 0.494 e. The molecule has 2 nitrogen and oxygen atoms in total. The lowest BCUT2D eigenvalue weighted by Crippen LogP contribution is -2.27. The standard InChI is InChI=1S/C24H36O2/c1-6-7-8-18-26-21-13-11-20(12-14-21)24(5,25)17-15-22-19(2)10-9-16-23(22,3)4/h10-15,17,22,25H,6-9,16,18H2,1-5H3/b17-15+. The van der Waals surface area contributed by atoms with E-state index < -0.39 is 5.60 Å². The van der Waals surface area contributed by atoms with Crippen molar-refractivity contribution in [1.82, 2.24) is 0 Å².